The van der Waals surface area contributed by atoms with Gasteiger partial charge in [-0.3, -0.25) is 9.48 Å². The van der Waals surface area contributed by atoms with Crippen LogP contribution in [0.1, 0.15) is 76.6 Å². The molecule has 4 rings (SSSR count). The second kappa shape index (κ2) is 13.8. The minimum atomic E-state index is -1.21. The quantitative estimate of drug-likeness (QED) is 0.215. The van der Waals surface area contributed by atoms with Crippen molar-refractivity contribution in [2.45, 2.75) is 79.3 Å². The number of hydrogen-bond donors (Lipinski definition) is 1. The van der Waals surface area contributed by atoms with Crippen LogP contribution in [0.15, 0.2) is 47.6 Å². The fourth-order valence-electron chi connectivity index (χ4n) is 4.41. The molecule has 1 N–H and O–H groups in total. The molecule has 0 amide bonds. The highest BCUT2D eigenvalue weighted by atomic mass is 16.5. The number of carboxylic acid groups (broad SMARTS) is 1. The molecule has 0 bridgehead atoms. The molecule has 1 aliphatic heterocycles. The number of nitrogens with zero attached hydrogens (tertiary/aromatic N) is 3. The second-order valence-corrected chi connectivity index (χ2v) is 10.2. The van der Waals surface area contributed by atoms with Gasteiger partial charge in [0.1, 0.15) is 16.8 Å². The fourth-order valence-corrected chi connectivity index (χ4v) is 4.41. The van der Waals surface area contributed by atoms with Crippen molar-refractivity contribution in [1.82, 2.24) is 14.3 Å². The van der Waals surface area contributed by atoms with Crippen LogP contribution in [0.5, 0.6) is 5.75 Å². The summed E-state index contributed by atoms with van der Waals surface area (Å²) in [6.45, 7) is 14.8. The molecule has 0 saturated heterocycles. The van der Waals surface area contributed by atoms with Crippen molar-refractivity contribution in [3.8, 4) is 17.1 Å². The highest BCUT2D eigenvalue weighted by Gasteiger charge is 2.24. The molecule has 1 aliphatic rings. The van der Waals surface area contributed by atoms with Crippen molar-refractivity contribution >= 4 is 16.9 Å². The molecule has 2 aromatic heterocycles. The normalized spacial score (nSPS) is 11.9. The number of unbranched alkanes of at least 4 members (excludes halogenated alkanes) is 4. The molecule has 0 atom stereocenters. The van der Waals surface area contributed by atoms with Gasteiger partial charge in [0.25, 0.3) is 0 Å². The number of benzene rings is 1. The van der Waals surface area contributed by atoms with Gasteiger partial charge in [-0.25, -0.2) is 4.79 Å². The number of allylic oxidation sites excluding steroid dienone is 1. The molecule has 0 aliphatic carbocycles. The molecule has 0 spiro atoms. The summed E-state index contributed by atoms with van der Waals surface area (Å²) in [5, 5.41) is 14.9. The maximum atomic E-state index is 12.3. The summed E-state index contributed by atoms with van der Waals surface area (Å²) in [5.74, 6) is 1.22. The molecule has 38 heavy (non-hydrogen) atoms. The summed E-state index contributed by atoms with van der Waals surface area (Å²) in [5.41, 5.74) is 1.53. The summed E-state index contributed by atoms with van der Waals surface area (Å²) in [6, 6.07) is 7.20. The highest BCUT2D eigenvalue weighted by Crippen LogP contribution is 2.35. The zero-order valence-electron chi connectivity index (χ0n) is 23.2. The Hall–Kier alpha value is -3.55. The predicted molar refractivity (Wildman–Crippen MR) is 151 cm³/mol. The van der Waals surface area contributed by atoms with Gasteiger partial charge in [-0.2, -0.15) is 5.10 Å². The van der Waals surface area contributed by atoms with Crippen LogP contribution in [-0.4, -0.2) is 38.6 Å². The number of aromatic nitrogens is 3. The van der Waals surface area contributed by atoms with E-state index in [-0.39, 0.29) is 5.56 Å². The van der Waals surface area contributed by atoms with Crippen molar-refractivity contribution in [2.75, 3.05) is 13.2 Å². The largest absolute Gasteiger partial charge is 0.499 e. The number of carboxylic acids is 1. The van der Waals surface area contributed by atoms with Crippen LogP contribution in [0.25, 0.3) is 22.3 Å². The maximum absolute atomic E-state index is 12.3. The maximum Gasteiger partial charge on any atom is 0.341 e. The minimum absolute atomic E-state index is 0.218. The first-order valence-corrected chi connectivity index (χ1v) is 13.6. The molecule has 0 radical (unpaired) electrons. The average Bonchev–Trinajstić information content (AvgIpc) is 3.25. The number of pyridine rings is 1. The number of aromatic carboxylic acids is 1. The molecular weight excluding hydrogens is 482 g/mol. The first kappa shape index (κ1) is 29.0. The summed E-state index contributed by atoms with van der Waals surface area (Å²) in [6.07, 6.45) is 7.80. The van der Waals surface area contributed by atoms with Gasteiger partial charge in [-0.05, 0) is 31.7 Å². The Bertz CT molecular complexity index is 1300. The van der Waals surface area contributed by atoms with Crippen LogP contribution in [0.3, 0.4) is 0 Å². The molecule has 3 aromatic rings. The summed E-state index contributed by atoms with van der Waals surface area (Å²) < 4.78 is 15.2. The van der Waals surface area contributed by atoms with Crippen molar-refractivity contribution in [1.29, 1.82) is 0 Å². The zero-order chi connectivity index (χ0) is 27.7. The van der Waals surface area contributed by atoms with Crippen molar-refractivity contribution in [3.63, 3.8) is 0 Å². The van der Waals surface area contributed by atoms with E-state index in [0.717, 1.165) is 72.5 Å². The van der Waals surface area contributed by atoms with Gasteiger partial charge in [0, 0.05) is 30.6 Å². The van der Waals surface area contributed by atoms with Crippen molar-refractivity contribution in [2.24, 2.45) is 5.92 Å². The first-order valence-electron chi connectivity index (χ1n) is 13.6. The highest BCUT2D eigenvalue weighted by molar-refractivity contribution is 5.96. The van der Waals surface area contributed by atoms with Crippen LogP contribution in [-0.2, 0) is 17.8 Å². The Kier molecular flexibility index (Phi) is 10.6. The van der Waals surface area contributed by atoms with E-state index < -0.39 is 11.4 Å². The van der Waals surface area contributed by atoms with Crippen LogP contribution in [0.2, 0.25) is 0 Å². The van der Waals surface area contributed by atoms with Gasteiger partial charge < -0.3 is 19.1 Å². The lowest BCUT2D eigenvalue weighted by molar-refractivity contribution is 0.0694. The lowest BCUT2D eigenvalue weighted by atomic mass is 10.1. The Morgan fingerprint density at radius 1 is 1.13 bits per heavy atom. The first-order chi connectivity index (χ1) is 18.2. The summed E-state index contributed by atoms with van der Waals surface area (Å²) >= 11 is 0. The topological polar surface area (TPSA) is 95.6 Å². The Morgan fingerprint density at radius 2 is 1.84 bits per heavy atom. The van der Waals surface area contributed by atoms with Crippen molar-refractivity contribution in [3.05, 3.63) is 58.6 Å². The lowest BCUT2D eigenvalue weighted by Gasteiger charge is -2.21. The van der Waals surface area contributed by atoms with E-state index in [1.807, 2.05) is 34.4 Å². The number of fused-ring (bicyclic) bond motifs is 5. The van der Waals surface area contributed by atoms with Gasteiger partial charge in [-0.15, -0.1) is 0 Å². The molecule has 3 heterocycles. The van der Waals surface area contributed by atoms with Crippen LogP contribution < -0.4 is 10.2 Å². The molecule has 0 unspecified atom stereocenters. The fraction of sp³-hybridized carbons (Fsp3) is 0.500. The van der Waals surface area contributed by atoms with Crippen LogP contribution in [0, 0.1) is 5.92 Å². The Morgan fingerprint density at radius 3 is 2.55 bits per heavy atom. The second-order valence-electron chi connectivity index (χ2n) is 10.2. The average molecular weight is 524 g/mol. The van der Waals surface area contributed by atoms with Crippen LogP contribution in [0.4, 0.5) is 0 Å². The predicted octanol–water partition coefficient (Wildman–Crippen LogP) is 6.51. The Labute approximate surface area is 224 Å². The van der Waals surface area contributed by atoms with E-state index in [9.17, 15) is 14.7 Å². The third-order valence-electron chi connectivity index (χ3n) is 6.09. The molecule has 1 aromatic carbocycles. The third-order valence-corrected chi connectivity index (χ3v) is 6.09. The Balaban J connectivity index is 0.000000934. The van der Waals surface area contributed by atoms with E-state index in [4.69, 9.17) is 14.6 Å². The minimum Gasteiger partial charge on any atom is -0.499 e. The van der Waals surface area contributed by atoms with E-state index in [0.29, 0.717) is 32.0 Å². The lowest BCUT2D eigenvalue weighted by Crippen LogP contribution is -2.24. The molecule has 8 heteroatoms. The van der Waals surface area contributed by atoms with E-state index in [2.05, 4.69) is 27.4 Å². The third kappa shape index (κ3) is 7.49. The number of aryl methyl sites for hydroxylation is 2. The standard InChI is InChI=1S/C26H31N3O5.C4H10/c1-3-33-18(2)10-7-5-4-6-8-15-34-23-12-9-11-19-24(23)27-29-14-13-28-17-20(26(31)32)22(30)16-21(28)25(19)29;1-4(2)3/h9,11-12,16-17H,2-8,10,13-15H2,1H3,(H,31,32);4H,1-3H3. The molecule has 0 fully saturated rings. The molecular formula is C30H41N3O5. The summed E-state index contributed by atoms with van der Waals surface area (Å²) in [7, 11) is 0. The van der Waals surface area contributed by atoms with Gasteiger partial charge >= 0.3 is 5.97 Å². The molecule has 8 nitrogen and oxygen atoms in total. The monoisotopic (exact) mass is 523 g/mol. The van der Waals surface area contributed by atoms with Gasteiger partial charge in [0.05, 0.1) is 36.9 Å². The van der Waals surface area contributed by atoms with Gasteiger partial charge in [-0.1, -0.05) is 58.7 Å². The summed E-state index contributed by atoms with van der Waals surface area (Å²) in [4.78, 5) is 23.7. The number of ether oxygens (including phenoxy) is 2. The van der Waals surface area contributed by atoms with E-state index >= 15 is 0 Å². The number of rotatable bonds is 12. The smallest absolute Gasteiger partial charge is 0.341 e. The van der Waals surface area contributed by atoms with E-state index in [1.165, 1.54) is 12.3 Å². The van der Waals surface area contributed by atoms with E-state index in [1.54, 1.807) is 0 Å². The van der Waals surface area contributed by atoms with Gasteiger partial charge in [0.2, 0.25) is 0 Å². The number of hydrogen-bond acceptors (Lipinski definition) is 5. The SMILES string of the molecule is C=C(CCCCCCCOc1cccc2c3n(nc12)CCn1cc(C(=O)O)c(=O)cc1-3)OCC.CC(C)C. The molecule has 206 valence electrons. The number of carbonyl (C=O) groups is 1. The molecule has 0 saturated carbocycles. The van der Waals surface area contributed by atoms with Gasteiger partial charge in [0.15, 0.2) is 5.43 Å². The van der Waals surface area contributed by atoms with Crippen LogP contribution >= 0.6 is 0 Å². The van der Waals surface area contributed by atoms with Crippen molar-refractivity contribution < 1.29 is 19.4 Å². The zero-order valence-corrected chi connectivity index (χ0v) is 23.2.